The number of hydrogen-bond donors (Lipinski definition) is 1. The van der Waals surface area contributed by atoms with Crippen LogP contribution in [-0.4, -0.2) is 51.3 Å². The Morgan fingerprint density at radius 1 is 1.08 bits per heavy atom. The number of halogens is 1. The number of methoxy groups -OCH3 is 1. The van der Waals surface area contributed by atoms with E-state index in [0.717, 1.165) is 17.7 Å². The van der Waals surface area contributed by atoms with Gasteiger partial charge in [0.25, 0.3) is 5.91 Å². The van der Waals surface area contributed by atoms with Crippen LogP contribution in [0.15, 0.2) is 79.3 Å². The van der Waals surface area contributed by atoms with Gasteiger partial charge in [0, 0.05) is 37.6 Å². The van der Waals surface area contributed by atoms with Crippen molar-refractivity contribution in [1.82, 2.24) is 24.6 Å². The van der Waals surface area contributed by atoms with Crippen molar-refractivity contribution < 1.29 is 18.7 Å². The molecule has 190 valence electrons. The Labute approximate surface area is 214 Å². The highest BCUT2D eigenvalue weighted by molar-refractivity contribution is 5.97. The molecule has 2 aromatic heterocycles. The topological polar surface area (TPSA) is 81.4 Å². The van der Waals surface area contributed by atoms with Crippen molar-refractivity contribution in [2.24, 2.45) is 5.92 Å². The molecule has 37 heavy (non-hydrogen) atoms. The van der Waals surface area contributed by atoms with E-state index in [1.165, 1.54) is 18.3 Å². The second-order valence-corrected chi connectivity index (χ2v) is 8.98. The van der Waals surface area contributed by atoms with Gasteiger partial charge in [-0.05, 0) is 55.3 Å². The average Bonchev–Trinajstić information content (AvgIpc) is 3.62. The average molecular weight is 502 g/mol. The molecule has 0 aliphatic carbocycles. The lowest BCUT2D eigenvalue weighted by Crippen LogP contribution is -2.45. The number of amides is 2. The number of nitrogens with zero attached hydrogens (tertiary/aromatic N) is 4. The Kier molecular flexibility index (Phi) is 7.02. The molecule has 1 atom stereocenters. The highest BCUT2D eigenvalue weighted by Crippen LogP contribution is 2.25. The molecule has 0 saturated carbocycles. The lowest BCUT2D eigenvalue weighted by Gasteiger charge is -2.32. The Bertz CT molecular complexity index is 1380. The predicted molar refractivity (Wildman–Crippen MR) is 136 cm³/mol. The first-order chi connectivity index (χ1) is 18.0. The molecule has 1 aliphatic rings. The Hall–Kier alpha value is -4.40. The van der Waals surface area contributed by atoms with Crippen molar-refractivity contribution in [2.75, 3.05) is 20.2 Å². The van der Waals surface area contributed by atoms with E-state index in [-0.39, 0.29) is 23.5 Å². The molecule has 1 saturated heterocycles. The number of para-hydroxylation sites is 1. The number of hydrogen-bond acceptors (Lipinski definition) is 4. The van der Waals surface area contributed by atoms with Gasteiger partial charge in [-0.15, -0.1) is 0 Å². The van der Waals surface area contributed by atoms with Gasteiger partial charge >= 0.3 is 0 Å². The third-order valence-corrected chi connectivity index (χ3v) is 6.62. The highest BCUT2D eigenvalue weighted by Gasteiger charge is 2.31. The van der Waals surface area contributed by atoms with Crippen molar-refractivity contribution in [3.63, 3.8) is 0 Å². The molecule has 5 rings (SSSR count). The number of rotatable bonds is 7. The van der Waals surface area contributed by atoms with Crippen LogP contribution < -0.4 is 10.1 Å². The first-order valence-corrected chi connectivity index (χ1v) is 12.2. The van der Waals surface area contributed by atoms with Gasteiger partial charge in [0.2, 0.25) is 5.91 Å². The molecule has 1 fully saturated rings. The molecule has 9 heteroatoms. The summed E-state index contributed by atoms with van der Waals surface area (Å²) >= 11 is 0. The van der Waals surface area contributed by atoms with E-state index < -0.39 is 0 Å². The maximum Gasteiger partial charge on any atom is 0.259 e. The van der Waals surface area contributed by atoms with Crippen LogP contribution in [0.4, 0.5) is 4.39 Å². The summed E-state index contributed by atoms with van der Waals surface area (Å²) in [5.74, 6) is 0.339. The molecular weight excluding hydrogens is 473 g/mol. The van der Waals surface area contributed by atoms with Gasteiger partial charge in [-0.3, -0.25) is 9.59 Å². The zero-order valence-electron chi connectivity index (χ0n) is 20.5. The summed E-state index contributed by atoms with van der Waals surface area (Å²) in [6, 6.07) is 17.2. The summed E-state index contributed by atoms with van der Waals surface area (Å²) in [7, 11) is 1.60. The van der Waals surface area contributed by atoms with Gasteiger partial charge < -0.3 is 19.5 Å². The molecule has 1 aliphatic heterocycles. The maximum atomic E-state index is 13.7. The number of benzene rings is 2. The van der Waals surface area contributed by atoms with E-state index in [9.17, 15) is 14.0 Å². The minimum absolute atomic E-state index is 0.0870. The fourth-order valence-electron chi connectivity index (χ4n) is 4.71. The fourth-order valence-corrected chi connectivity index (χ4v) is 4.71. The maximum absolute atomic E-state index is 13.7. The first kappa shape index (κ1) is 24.3. The van der Waals surface area contributed by atoms with Crippen LogP contribution >= 0.6 is 0 Å². The molecular formula is C28H28FN5O3. The minimum Gasteiger partial charge on any atom is -0.496 e. The Morgan fingerprint density at radius 2 is 1.84 bits per heavy atom. The van der Waals surface area contributed by atoms with Crippen LogP contribution in [0.1, 0.15) is 28.8 Å². The molecule has 0 radical (unpaired) electrons. The summed E-state index contributed by atoms with van der Waals surface area (Å²) in [4.78, 5) is 28.4. The summed E-state index contributed by atoms with van der Waals surface area (Å²) in [5.41, 5.74) is 1.94. The Morgan fingerprint density at radius 3 is 2.59 bits per heavy atom. The minimum atomic E-state index is -0.349. The van der Waals surface area contributed by atoms with Crippen LogP contribution in [-0.2, 0) is 11.3 Å². The quantitative estimate of drug-likeness (QED) is 0.415. The van der Waals surface area contributed by atoms with Crippen molar-refractivity contribution >= 4 is 11.8 Å². The van der Waals surface area contributed by atoms with E-state index in [1.54, 1.807) is 28.8 Å². The van der Waals surface area contributed by atoms with Crippen LogP contribution in [0.3, 0.4) is 0 Å². The van der Waals surface area contributed by atoms with Crippen LogP contribution in [0.5, 0.6) is 5.75 Å². The second-order valence-electron chi connectivity index (χ2n) is 8.98. The number of carbonyl (C=O) groups is 2. The highest BCUT2D eigenvalue weighted by atomic mass is 19.1. The van der Waals surface area contributed by atoms with Crippen molar-refractivity contribution in [3.05, 3.63) is 96.2 Å². The smallest absolute Gasteiger partial charge is 0.259 e. The summed E-state index contributed by atoms with van der Waals surface area (Å²) in [6.07, 6.45) is 6.63. The largest absolute Gasteiger partial charge is 0.496 e. The van der Waals surface area contributed by atoms with Crippen molar-refractivity contribution in [3.8, 4) is 17.3 Å². The molecule has 0 bridgehead atoms. The van der Waals surface area contributed by atoms with Crippen LogP contribution in [0.25, 0.3) is 11.5 Å². The number of piperidine rings is 1. The molecule has 1 N–H and O–H groups in total. The number of carbonyl (C=O) groups excluding carboxylic acids is 2. The predicted octanol–water partition coefficient (Wildman–Crippen LogP) is 3.98. The Balaban J connectivity index is 1.34. The number of likely N-dealkylation sites (tertiary alicyclic amines) is 1. The third kappa shape index (κ3) is 5.11. The van der Waals surface area contributed by atoms with Gasteiger partial charge in [-0.2, -0.15) is 5.10 Å². The summed E-state index contributed by atoms with van der Waals surface area (Å²) in [5, 5.41) is 7.45. The summed E-state index contributed by atoms with van der Waals surface area (Å²) < 4.78 is 22.3. The zero-order chi connectivity index (χ0) is 25.8. The number of ether oxygens (including phenoxy) is 1. The van der Waals surface area contributed by atoms with E-state index in [4.69, 9.17) is 4.74 Å². The van der Waals surface area contributed by atoms with Crippen molar-refractivity contribution in [2.45, 2.75) is 19.4 Å². The summed E-state index contributed by atoms with van der Waals surface area (Å²) in [6.45, 7) is 1.24. The van der Waals surface area contributed by atoms with Gasteiger partial charge in [-0.1, -0.05) is 18.2 Å². The van der Waals surface area contributed by atoms with E-state index in [0.29, 0.717) is 43.1 Å². The lowest BCUT2D eigenvalue weighted by atomic mass is 9.96. The van der Waals surface area contributed by atoms with E-state index >= 15 is 0 Å². The molecule has 2 aromatic carbocycles. The van der Waals surface area contributed by atoms with Gasteiger partial charge in [0.1, 0.15) is 17.1 Å². The molecule has 0 spiro atoms. The van der Waals surface area contributed by atoms with Crippen LogP contribution in [0.2, 0.25) is 0 Å². The van der Waals surface area contributed by atoms with Gasteiger partial charge in [0.15, 0.2) is 5.82 Å². The number of aromatic nitrogens is 3. The first-order valence-electron chi connectivity index (χ1n) is 12.2. The van der Waals surface area contributed by atoms with Gasteiger partial charge in [-0.25, -0.2) is 9.07 Å². The van der Waals surface area contributed by atoms with E-state index in [2.05, 4.69) is 10.4 Å². The zero-order valence-corrected chi connectivity index (χ0v) is 20.5. The third-order valence-electron chi connectivity index (χ3n) is 6.62. The van der Waals surface area contributed by atoms with Crippen LogP contribution in [0, 0.1) is 11.7 Å². The lowest BCUT2D eigenvalue weighted by molar-refractivity contribution is -0.126. The van der Waals surface area contributed by atoms with E-state index in [1.807, 2.05) is 53.4 Å². The van der Waals surface area contributed by atoms with Crippen molar-refractivity contribution in [1.29, 1.82) is 0 Å². The normalized spacial score (nSPS) is 15.4. The SMILES string of the molecule is COc1ccccc1CNC(=O)C1CCCN(C(=O)c2cnn(-c3ccc(F)cc3)c2-n2cccc2)C1. The molecule has 8 nitrogen and oxygen atoms in total. The standard InChI is InChI=1S/C28H28FN5O3/c1-37-25-9-3-2-7-20(25)17-30-26(35)21-8-6-16-33(19-21)28(36)24-18-31-34(23-12-10-22(29)11-13-23)27(24)32-14-4-5-15-32/h2-5,7,9-15,18,21H,6,8,16-17,19H2,1H3,(H,30,35). The molecule has 3 heterocycles. The monoisotopic (exact) mass is 501 g/mol. The van der Waals surface area contributed by atoms with Gasteiger partial charge in [0.05, 0.1) is 24.9 Å². The molecule has 2 amide bonds. The molecule has 4 aromatic rings. The molecule has 1 unspecified atom stereocenters. The number of nitrogens with one attached hydrogen (secondary N) is 1. The fraction of sp³-hybridized carbons (Fsp3) is 0.250. The second kappa shape index (κ2) is 10.7.